The standard InChI is InChI=1S/C10H10FN.C2H6.H2/c1-12-6-7-2-3-9-8(4-7)5-10(9)11;1-2;/h2-5,12H,6H2,1H3;1-2H3;1H. The molecule has 1 N–H and O–H groups in total. The van der Waals surface area contributed by atoms with Crippen LogP contribution in [0.5, 0.6) is 0 Å². The lowest BCUT2D eigenvalue weighted by Gasteiger charge is -2.14. The monoisotopic (exact) mass is 195 g/mol. The third kappa shape index (κ3) is 2.02. The van der Waals surface area contributed by atoms with Crippen molar-refractivity contribution in [3.05, 3.63) is 34.9 Å². The maximum atomic E-state index is 12.7. The van der Waals surface area contributed by atoms with Crippen molar-refractivity contribution < 1.29 is 5.82 Å². The van der Waals surface area contributed by atoms with Gasteiger partial charge in [-0.05, 0) is 30.3 Å². The molecule has 1 aliphatic rings. The van der Waals surface area contributed by atoms with E-state index in [2.05, 4.69) is 5.32 Å². The summed E-state index contributed by atoms with van der Waals surface area (Å²) in [6, 6.07) is 5.79. The molecule has 0 saturated carbocycles. The number of hydrogen-bond donors (Lipinski definition) is 1. The van der Waals surface area contributed by atoms with Crippen LogP contribution in [0.15, 0.2) is 18.2 Å². The van der Waals surface area contributed by atoms with Crippen molar-refractivity contribution in [1.82, 2.24) is 5.32 Å². The molecule has 2 heteroatoms. The Morgan fingerprint density at radius 1 is 1.36 bits per heavy atom. The molecule has 1 nitrogen and oxygen atoms in total. The first-order chi connectivity index (χ1) is 6.81. The van der Waals surface area contributed by atoms with E-state index in [0.29, 0.717) is 0 Å². The Morgan fingerprint density at radius 3 is 2.57 bits per heavy atom. The first kappa shape index (κ1) is 10.9. The molecular formula is C12H18FN. The molecule has 0 saturated heterocycles. The predicted octanol–water partition coefficient (Wildman–Crippen LogP) is 3.46. The van der Waals surface area contributed by atoms with E-state index in [9.17, 15) is 4.39 Å². The van der Waals surface area contributed by atoms with Gasteiger partial charge in [0.2, 0.25) is 0 Å². The van der Waals surface area contributed by atoms with Crippen LogP contribution in [0.4, 0.5) is 4.39 Å². The highest BCUT2D eigenvalue weighted by Gasteiger charge is 2.15. The SMILES string of the molecule is CC.CNCc1ccc2c(c1)C=C2F.[HH]. The van der Waals surface area contributed by atoms with Crippen molar-refractivity contribution in [2.45, 2.75) is 20.4 Å². The van der Waals surface area contributed by atoms with Crippen LogP contribution in [-0.4, -0.2) is 7.05 Å². The Bertz CT molecular complexity index is 347. The molecule has 0 heterocycles. The summed E-state index contributed by atoms with van der Waals surface area (Å²) in [5.74, 6) is -0.0963. The van der Waals surface area contributed by atoms with Crippen molar-refractivity contribution in [2.75, 3.05) is 7.05 Å². The number of hydrogen-bond acceptors (Lipinski definition) is 1. The second-order valence-electron chi connectivity index (χ2n) is 2.94. The van der Waals surface area contributed by atoms with Gasteiger partial charge >= 0.3 is 0 Å². The fourth-order valence-electron chi connectivity index (χ4n) is 1.40. The molecule has 0 bridgehead atoms. The molecule has 0 atom stereocenters. The van der Waals surface area contributed by atoms with Crippen LogP contribution in [0, 0.1) is 0 Å². The van der Waals surface area contributed by atoms with E-state index in [-0.39, 0.29) is 7.25 Å². The highest BCUT2D eigenvalue weighted by atomic mass is 19.1. The van der Waals surface area contributed by atoms with E-state index < -0.39 is 0 Å². The van der Waals surface area contributed by atoms with Gasteiger partial charge < -0.3 is 5.32 Å². The molecule has 0 radical (unpaired) electrons. The highest BCUT2D eigenvalue weighted by Crippen LogP contribution is 2.33. The molecular weight excluding hydrogens is 177 g/mol. The summed E-state index contributed by atoms with van der Waals surface area (Å²) >= 11 is 0. The lowest BCUT2D eigenvalue weighted by atomic mass is 9.94. The van der Waals surface area contributed by atoms with Crippen LogP contribution in [0.2, 0.25) is 0 Å². The molecule has 1 aromatic carbocycles. The summed E-state index contributed by atoms with van der Waals surface area (Å²) in [6.07, 6.45) is 1.56. The smallest absolute Gasteiger partial charge is 0.131 e. The first-order valence-corrected chi connectivity index (χ1v) is 4.96. The van der Waals surface area contributed by atoms with Crippen LogP contribution >= 0.6 is 0 Å². The average Bonchev–Trinajstić information content (AvgIpc) is 2.20. The van der Waals surface area contributed by atoms with Gasteiger partial charge in [0, 0.05) is 13.5 Å². The van der Waals surface area contributed by atoms with E-state index in [4.69, 9.17) is 0 Å². The Balaban J connectivity index is 0.000000617. The van der Waals surface area contributed by atoms with Crippen LogP contribution in [-0.2, 0) is 6.54 Å². The van der Waals surface area contributed by atoms with Crippen LogP contribution in [0.1, 0.15) is 32.0 Å². The molecule has 78 valence electrons. The molecule has 2 rings (SSSR count). The quantitative estimate of drug-likeness (QED) is 0.762. The molecule has 1 aliphatic carbocycles. The summed E-state index contributed by atoms with van der Waals surface area (Å²) in [7, 11) is 1.90. The van der Waals surface area contributed by atoms with Crippen molar-refractivity contribution in [1.29, 1.82) is 0 Å². The Labute approximate surface area is 86.1 Å². The second-order valence-corrected chi connectivity index (χ2v) is 2.94. The third-order valence-corrected chi connectivity index (χ3v) is 2.04. The van der Waals surface area contributed by atoms with Gasteiger partial charge in [-0.15, -0.1) is 0 Å². The number of nitrogens with one attached hydrogen (secondary N) is 1. The van der Waals surface area contributed by atoms with Crippen LogP contribution < -0.4 is 5.32 Å². The van der Waals surface area contributed by atoms with Gasteiger partial charge in [-0.2, -0.15) is 0 Å². The van der Waals surface area contributed by atoms with Gasteiger partial charge in [0.05, 0.1) is 0 Å². The molecule has 0 aliphatic heterocycles. The number of benzene rings is 1. The van der Waals surface area contributed by atoms with Crippen LogP contribution in [0.25, 0.3) is 11.9 Å². The lowest BCUT2D eigenvalue weighted by Crippen LogP contribution is -2.06. The van der Waals surface area contributed by atoms with Gasteiger partial charge in [-0.25, -0.2) is 4.39 Å². The number of fused-ring (bicyclic) bond motifs is 1. The van der Waals surface area contributed by atoms with E-state index in [0.717, 1.165) is 17.7 Å². The molecule has 1 aromatic rings. The summed E-state index contributed by atoms with van der Waals surface area (Å²) in [6.45, 7) is 4.84. The van der Waals surface area contributed by atoms with Crippen LogP contribution in [0.3, 0.4) is 0 Å². The van der Waals surface area contributed by atoms with Gasteiger partial charge in [-0.1, -0.05) is 26.0 Å². The second kappa shape index (κ2) is 4.91. The van der Waals surface area contributed by atoms with Crippen molar-refractivity contribution in [3.8, 4) is 0 Å². The van der Waals surface area contributed by atoms with Crippen molar-refractivity contribution in [3.63, 3.8) is 0 Å². The average molecular weight is 195 g/mol. The van der Waals surface area contributed by atoms with Gasteiger partial charge in [0.15, 0.2) is 0 Å². The van der Waals surface area contributed by atoms with Gasteiger partial charge in [0.1, 0.15) is 5.83 Å². The molecule has 0 spiro atoms. The van der Waals surface area contributed by atoms with Crippen molar-refractivity contribution >= 4 is 11.9 Å². The maximum Gasteiger partial charge on any atom is 0.131 e. The lowest BCUT2D eigenvalue weighted by molar-refractivity contribution is 0.756. The molecule has 0 aromatic heterocycles. The zero-order valence-corrected chi connectivity index (χ0v) is 8.89. The Hall–Kier alpha value is -1.15. The molecule has 14 heavy (non-hydrogen) atoms. The van der Waals surface area contributed by atoms with Crippen molar-refractivity contribution in [2.24, 2.45) is 0 Å². The Kier molecular flexibility index (Phi) is 3.84. The zero-order chi connectivity index (χ0) is 10.6. The minimum Gasteiger partial charge on any atom is -0.316 e. The summed E-state index contributed by atoms with van der Waals surface area (Å²) in [5.41, 5.74) is 2.95. The first-order valence-electron chi connectivity index (χ1n) is 4.96. The number of halogens is 1. The largest absolute Gasteiger partial charge is 0.316 e. The van der Waals surface area contributed by atoms with E-state index >= 15 is 0 Å². The van der Waals surface area contributed by atoms with E-state index in [1.165, 1.54) is 5.56 Å². The van der Waals surface area contributed by atoms with E-state index in [1.807, 2.05) is 39.1 Å². The molecule has 0 amide bonds. The minimum atomic E-state index is -0.0963. The minimum absolute atomic E-state index is 0. The van der Waals surface area contributed by atoms with E-state index in [1.54, 1.807) is 6.08 Å². The molecule has 0 unspecified atom stereocenters. The normalized spacial score (nSPS) is 11.9. The fourth-order valence-corrected chi connectivity index (χ4v) is 1.40. The highest BCUT2D eigenvalue weighted by molar-refractivity contribution is 5.91. The summed E-state index contributed by atoms with van der Waals surface area (Å²) in [5, 5.41) is 3.05. The maximum absolute atomic E-state index is 12.7. The predicted molar refractivity (Wildman–Crippen MR) is 61.6 cm³/mol. The fraction of sp³-hybridized carbons (Fsp3) is 0.333. The summed E-state index contributed by atoms with van der Waals surface area (Å²) < 4.78 is 12.7. The zero-order valence-electron chi connectivity index (χ0n) is 8.89. The molecule has 0 fully saturated rings. The third-order valence-electron chi connectivity index (χ3n) is 2.04. The Morgan fingerprint density at radius 2 is 2.07 bits per heavy atom. The number of rotatable bonds is 2. The topological polar surface area (TPSA) is 12.0 Å². The summed E-state index contributed by atoms with van der Waals surface area (Å²) in [4.78, 5) is 0. The van der Waals surface area contributed by atoms with Gasteiger partial charge in [-0.3, -0.25) is 0 Å². The van der Waals surface area contributed by atoms with Gasteiger partial charge in [0.25, 0.3) is 0 Å².